The predicted molar refractivity (Wildman–Crippen MR) is 127 cm³/mol. The third-order valence-corrected chi connectivity index (χ3v) is 6.54. The van der Waals surface area contributed by atoms with Crippen LogP contribution < -0.4 is 20.1 Å². The standard InChI is InChI=1S/C24H25N5O2S/c1-14-5-3-6-15(2)22(14)20-11-21-28-24(27-20)29-32-19-8-4-7-17(10-19)26-23(30)16-9-18(31-21)13-25-12-16/h3-8,10-11,16,18,25H,9,12-13H2,1-2H3,(H,26,30)(H,27,28,29)/t16-,18+/m1/s1. The van der Waals surface area contributed by atoms with Crippen molar-refractivity contribution >= 4 is 29.5 Å². The van der Waals surface area contributed by atoms with Crippen LogP contribution in [-0.4, -0.2) is 35.1 Å². The van der Waals surface area contributed by atoms with Crippen molar-refractivity contribution in [2.75, 3.05) is 23.1 Å². The molecule has 0 saturated carbocycles. The van der Waals surface area contributed by atoms with Crippen LogP contribution in [0.4, 0.5) is 11.6 Å². The van der Waals surface area contributed by atoms with E-state index in [1.165, 1.54) is 11.9 Å². The van der Waals surface area contributed by atoms with Gasteiger partial charge in [0.25, 0.3) is 0 Å². The van der Waals surface area contributed by atoms with Gasteiger partial charge in [-0.05, 0) is 61.5 Å². The van der Waals surface area contributed by atoms with Crippen molar-refractivity contribution in [1.82, 2.24) is 15.3 Å². The molecule has 6 bridgehead atoms. The van der Waals surface area contributed by atoms with Gasteiger partial charge in [0.15, 0.2) is 0 Å². The first-order valence-corrected chi connectivity index (χ1v) is 11.5. The summed E-state index contributed by atoms with van der Waals surface area (Å²) in [5.74, 6) is 0.805. The second-order valence-corrected chi connectivity index (χ2v) is 9.11. The van der Waals surface area contributed by atoms with E-state index in [1.807, 2.05) is 36.4 Å². The van der Waals surface area contributed by atoms with Crippen LogP contribution in [0.15, 0.2) is 53.4 Å². The number of hydrogen-bond acceptors (Lipinski definition) is 7. The first kappa shape index (κ1) is 20.8. The second-order valence-electron chi connectivity index (χ2n) is 8.23. The Morgan fingerprint density at radius 1 is 1.03 bits per heavy atom. The van der Waals surface area contributed by atoms with Gasteiger partial charge in [0.2, 0.25) is 17.7 Å². The minimum Gasteiger partial charge on any atom is -0.473 e. The molecule has 2 aliphatic rings. The van der Waals surface area contributed by atoms with E-state index >= 15 is 0 Å². The minimum absolute atomic E-state index is 0.00225. The molecule has 2 atom stereocenters. The Bertz CT molecular complexity index is 1150. The molecule has 1 aromatic heterocycles. The molecule has 2 aromatic carbocycles. The van der Waals surface area contributed by atoms with Crippen molar-refractivity contribution in [2.24, 2.45) is 5.92 Å². The molecular formula is C24H25N5O2S. The molecule has 32 heavy (non-hydrogen) atoms. The Morgan fingerprint density at radius 2 is 1.84 bits per heavy atom. The van der Waals surface area contributed by atoms with Crippen LogP contribution in [0.1, 0.15) is 17.5 Å². The summed E-state index contributed by atoms with van der Waals surface area (Å²) in [6.45, 7) is 5.46. The number of hydrogen-bond donors (Lipinski definition) is 3. The van der Waals surface area contributed by atoms with Gasteiger partial charge in [-0.15, -0.1) is 0 Å². The topological polar surface area (TPSA) is 88.2 Å². The van der Waals surface area contributed by atoms with Crippen molar-refractivity contribution in [3.63, 3.8) is 0 Å². The maximum atomic E-state index is 12.8. The molecule has 7 nitrogen and oxygen atoms in total. The molecule has 0 radical (unpaired) electrons. The molecule has 1 saturated heterocycles. The highest BCUT2D eigenvalue weighted by Crippen LogP contribution is 2.31. The molecule has 0 aliphatic carbocycles. The molecule has 3 heterocycles. The maximum absolute atomic E-state index is 12.8. The summed E-state index contributed by atoms with van der Waals surface area (Å²) in [4.78, 5) is 23.2. The van der Waals surface area contributed by atoms with Gasteiger partial charge in [0.05, 0.1) is 11.6 Å². The highest BCUT2D eigenvalue weighted by Gasteiger charge is 2.29. The third kappa shape index (κ3) is 4.42. The van der Waals surface area contributed by atoms with Crippen LogP contribution in [0.3, 0.4) is 0 Å². The lowest BCUT2D eigenvalue weighted by Crippen LogP contribution is -2.46. The van der Waals surface area contributed by atoms with Crippen molar-refractivity contribution in [3.05, 3.63) is 59.7 Å². The van der Waals surface area contributed by atoms with Gasteiger partial charge in [-0.3, -0.25) is 9.52 Å². The fourth-order valence-electron chi connectivity index (χ4n) is 4.23. The van der Waals surface area contributed by atoms with Crippen molar-refractivity contribution < 1.29 is 9.53 Å². The van der Waals surface area contributed by atoms with Crippen molar-refractivity contribution in [3.8, 4) is 17.1 Å². The van der Waals surface area contributed by atoms with Crippen LogP contribution in [-0.2, 0) is 4.79 Å². The predicted octanol–water partition coefficient (Wildman–Crippen LogP) is 4.19. The van der Waals surface area contributed by atoms with Crippen molar-refractivity contribution in [2.45, 2.75) is 31.3 Å². The summed E-state index contributed by atoms with van der Waals surface area (Å²) in [7, 11) is 0. The van der Waals surface area contributed by atoms with E-state index < -0.39 is 0 Å². The number of nitrogens with one attached hydrogen (secondary N) is 3. The average molecular weight is 448 g/mol. The average Bonchev–Trinajstić information content (AvgIpc) is 2.77. The van der Waals surface area contributed by atoms with Gasteiger partial charge >= 0.3 is 0 Å². The molecule has 1 fully saturated rings. The Labute approximate surface area is 191 Å². The lowest BCUT2D eigenvalue weighted by Gasteiger charge is -2.29. The number of amides is 1. The van der Waals surface area contributed by atoms with Crippen LogP contribution in [0.25, 0.3) is 11.3 Å². The zero-order valence-electron chi connectivity index (χ0n) is 18.0. The molecule has 5 rings (SSSR count). The smallest absolute Gasteiger partial charge is 0.237 e. The number of benzene rings is 2. The number of carbonyl (C=O) groups is 1. The lowest BCUT2D eigenvalue weighted by atomic mass is 9.96. The molecule has 3 aromatic rings. The van der Waals surface area contributed by atoms with E-state index in [0.717, 1.165) is 33.0 Å². The first-order valence-electron chi connectivity index (χ1n) is 10.7. The number of anilines is 2. The summed E-state index contributed by atoms with van der Waals surface area (Å²) in [6, 6.07) is 15.8. The molecule has 0 unspecified atom stereocenters. The van der Waals surface area contributed by atoms with Gasteiger partial charge in [-0.25, -0.2) is 4.98 Å². The Morgan fingerprint density at radius 3 is 2.69 bits per heavy atom. The number of ether oxygens (including phenoxy) is 1. The summed E-state index contributed by atoms with van der Waals surface area (Å²) in [5, 5.41) is 6.36. The van der Waals surface area contributed by atoms with Gasteiger partial charge in [0.1, 0.15) is 6.10 Å². The van der Waals surface area contributed by atoms with Gasteiger partial charge < -0.3 is 15.4 Å². The number of nitrogens with zero attached hydrogens (tertiary/aromatic N) is 2. The number of fused-ring (bicyclic) bond motifs is 6. The molecule has 3 N–H and O–H groups in total. The van der Waals surface area contributed by atoms with Crippen LogP contribution in [0.2, 0.25) is 0 Å². The van der Waals surface area contributed by atoms with Gasteiger partial charge in [-0.2, -0.15) is 4.98 Å². The fourth-order valence-corrected chi connectivity index (χ4v) is 4.86. The fraction of sp³-hybridized carbons (Fsp3) is 0.292. The van der Waals surface area contributed by atoms with E-state index in [1.54, 1.807) is 0 Å². The monoisotopic (exact) mass is 447 g/mol. The van der Waals surface area contributed by atoms with E-state index in [9.17, 15) is 4.79 Å². The summed E-state index contributed by atoms with van der Waals surface area (Å²) < 4.78 is 9.52. The maximum Gasteiger partial charge on any atom is 0.237 e. The van der Waals surface area contributed by atoms with E-state index in [2.05, 4.69) is 46.3 Å². The van der Waals surface area contributed by atoms with Crippen LogP contribution in [0.5, 0.6) is 5.88 Å². The molecule has 1 amide bonds. The quantitative estimate of drug-likeness (QED) is 0.482. The second kappa shape index (κ2) is 8.80. The van der Waals surface area contributed by atoms with Crippen LogP contribution >= 0.6 is 11.9 Å². The zero-order chi connectivity index (χ0) is 22.1. The number of piperidine rings is 1. The normalized spacial score (nSPS) is 20.4. The highest BCUT2D eigenvalue weighted by molar-refractivity contribution is 8.00. The summed E-state index contributed by atoms with van der Waals surface area (Å²) in [6.07, 6.45) is 0.466. The van der Waals surface area contributed by atoms with Crippen molar-refractivity contribution in [1.29, 1.82) is 0 Å². The molecule has 164 valence electrons. The molecule has 8 heteroatoms. The summed E-state index contributed by atoms with van der Waals surface area (Å²) in [5.41, 5.74) is 4.95. The van der Waals surface area contributed by atoms with E-state index in [-0.39, 0.29) is 17.9 Å². The van der Waals surface area contributed by atoms with E-state index in [4.69, 9.17) is 9.72 Å². The SMILES string of the molecule is Cc1cccc(C)c1-c1cc2nc(n1)NSc1cccc(c1)NC(=O)[C@H]1CNC[C@H](C1)O2. The van der Waals surface area contributed by atoms with Gasteiger partial charge in [-0.1, -0.05) is 24.3 Å². The Kier molecular flexibility index (Phi) is 5.71. The summed E-state index contributed by atoms with van der Waals surface area (Å²) >= 11 is 1.40. The Balaban J connectivity index is 1.57. The minimum atomic E-state index is -0.175. The third-order valence-electron chi connectivity index (χ3n) is 5.77. The molecular weight excluding hydrogens is 422 g/mol. The number of carbonyl (C=O) groups excluding carboxylic acids is 1. The highest BCUT2D eigenvalue weighted by atomic mass is 32.2. The number of rotatable bonds is 1. The molecule has 0 spiro atoms. The first-order chi connectivity index (χ1) is 15.5. The van der Waals surface area contributed by atoms with Gasteiger partial charge in [0, 0.05) is 35.3 Å². The largest absolute Gasteiger partial charge is 0.473 e. The number of aryl methyl sites for hydroxylation is 2. The Hall–Kier alpha value is -3.10. The van der Waals surface area contributed by atoms with E-state index in [0.29, 0.717) is 31.3 Å². The van der Waals surface area contributed by atoms with Crippen LogP contribution in [0, 0.1) is 19.8 Å². The number of aromatic nitrogens is 2. The molecule has 2 aliphatic heterocycles. The zero-order valence-corrected chi connectivity index (χ0v) is 18.8. The lowest BCUT2D eigenvalue weighted by molar-refractivity contribution is -0.121.